The van der Waals surface area contributed by atoms with Crippen LogP contribution in [0.5, 0.6) is 5.75 Å². The fraction of sp³-hybridized carbons (Fsp3) is 0.562. The number of sulfonamides is 1. The molecule has 7 heteroatoms. The third-order valence-electron chi connectivity index (χ3n) is 3.49. The topological polar surface area (TPSA) is 75.7 Å². The Morgan fingerprint density at radius 3 is 2.35 bits per heavy atom. The Kier molecular flexibility index (Phi) is 6.18. The van der Waals surface area contributed by atoms with Crippen molar-refractivity contribution in [2.75, 3.05) is 20.2 Å². The number of amides is 1. The molecule has 0 aliphatic heterocycles. The predicted molar refractivity (Wildman–Crippen MR) is 90.1 cm³/mol. The second-order valence-corrected chi connectivity index (χ2v) is 8.11. The Balaban J connectivity index is 2.82. The van der Waals surface area contributed by atoms with E-state index in [9.17, 15) is 13.2 Å². The average molecular weight is 342 g/mol. The van der Waals surface area contributed by atoms with Gasteiger partial charge >= 0.3 is 0 Å². The Hall–Kier alpha value is -1.60. The van der Waals surface area contributed by atoms with Gasteiger partial charge in [0.15, 0.2) is 0 Å². The van der Waals surface area contributed by atoms with E-state index in [1.54, 1.807) is 24.0 Å². The van der Waals surface area contributed by atoms with E-state index in [0.717, 1.165) is 0 Å². The molecule has 0 bridgehead atoms. The molecule has 1 rings (SSSR count). The zero-order valence-electron chi connectivity index (χ0n) is 14.6. The van der Waals surface area contributed by atoms with Gasteiger partial charge in [-0.2, -0.15) is 0 Å². The second-order valence-electron chi connectivity index (χ2n) is 6.37. The van der Waals surface area contributed by atoms with Crippen LogP contribution in [0.15, 0.2) is 23.1 Å². The lowest BCUT2D eigenvalue weighted by Gasteiger charge is -2.35. The van der Waals surface area contributed by atoms with E-state index in [1.165, 1.54) is 20.1 Å². The summed E-state index contributed by atoms with van der Waals surface area (Å²) in [6.45, 7) is 9.41. The van der Waals surface area contributed by atoms with E-state index in [1.807, 2.05) is 20.8 Å². The monoisotopic (exact) mass is 342 g/mol. The van der Waals surface area contributed by atoms with Gasteiger partial charge in [-0.3, -0.25) is 4.79 Å². The minimum atomic E-state index is -3.63. The van der Waals surface area contributed by atoms with Crippen molar-refractivity contribution in [2.45, 2.75) is 45.1 Å². The van der Waals surface area contributed by atoms with Gasteiger partial charge in [0.05, 0.1) is 12.0 Å². The Labute approximate surface area is 138 Å². The molecule has 1 aromatic carbocycles. The average Bonchev–Trinajstić information content (AvgIpc) is 2.41. The molecule has 0 spiro atoms. The summed E-state index contributed by atoms with van der Waals surface area (Å²) in [7, 11) is -2.09. The maximum Gasteiger partial charge on any atom is 0.240 e. The molecule has 0 aromatic heterocycles. The molecule has 0 atom stereocenters. The second kappa shape index (κ2) is 7.31. The summed E-state index contributed by atoms with van der Waals surface area (Å²) >= 11 is 0. The van der Waals surface area contributed by atoms with E-state index in [4.69, 9.17) is 4.74 Å². The largest absolute Gasteiger partial charge is 0.497 e. The van der Waals surface area contributed by atoms with Gasteiger partial charge in [-0.25, -0.2) is 13.1 Å². The molecule has 0 unspecified atom stereocenters. The smallest absolute Gasteiger partial charge is 0.240 e. The Bertz CT molecular complexity index is 663. The number of hydrogen-bond acceptors (Lipinski definition) is 4. The molecule has 6 nitrogen and oxygen atoms in total. The van der Waals surface area contributed by atoms with E-state index in [-0.39, 0.29) is 22.9 Å². The molecular formula is C16H26N2O4S. The Morgan fingerprint density at radius 2 is 1.91 bits per heavy atom. The van der Waals surface area contributed by atoms with Crippen molar-refractivity contribution in [3.8, 4) is 5.75 Å². The van der Waals surface area contributed by atoms with Crippen LogP contribution in [0.1, 0.15) is 33.3 Å². The van der Waals surface area contributed by atoms with Gasteiger partial charge in [0.2, 0.25) is 15.9 Å². The van der Waals surface area contributed by atoms with Crippen LogP contribution in [-0.2, 0) is 14.8 Å². The van der Waals surface area contributed by atoms with Crippen molar-refractivity contribution in [3.05, 3.63) is 23.8 Å². The van der Waals surface area contributed by atoms with Crippen molar-refractivity contribution in [1.29, 1.82) is 0 Å². The van der Waals surface area contributed by atoms with Crippen molar-refractivity contribution in [2.24, 2.45) is 0 Å². The number of hydrogen-bond donors (Lipinski definition) is 1. The van der Waals surface area contributed by atoms with Crippen LogP contribution >= 0.6 is 0 Å². The zero-order chi connectivity index (χ0) is 17.8. The molecule has 0 aliphatic rings. The molecule has 130 valence electrons. The van der Waals surface area contributed by atoms with Crippen LogP contribution in [0.3, 0.4) is 0 Å². The summed E-state index contributed by atoms with van der Waals surface area (Å²) in [6.07, 6.45) is 0. The first-order valence-corrected chi connectivity index (χ1v) is 8.90. The van der Waals surface area contributed by atoms with E-state index in [2.05, 4.69) is 4.72 Å². The molecule has 0 heterocycles. The lowest BCUT2D eigenvalue weighted by molar-refractivity contribution is -0.133. The molecule has 0 aliphatic carbocycles. The summed E-state index contributed by atoms with van der Waals surface area (Å²) in [5.41, 5.74) is 0.254. The molecule has 0 saturated heterocycles. The quantitative estimate of drug-likeness (QED) is 0.857. The van der Waals surface area contributed by atoms with Gasteiger partial charge in [-0.15, -0.1) is 0 Å². The summed E-state index contributed by atoms with van der Waals surface area (Å²) < 4.78 is 32.4. The van der Waals surface area contributed by atoms with Crippen LogP contribution in [0.2, 0.25) is 0 Å². The number of benzene rings is 1. The SMILES string of the molecule is COc1ccc(S(=O)(=O)NCCN(C(C)=O)C(C)(C)C)c(C)c1. The third-order valence-corrected chi connectivity index (χ3v) is 5.11. The van der Waals surface area contributed by atoms with E-state index >= 15 is 0 Å². The van der Waals surface area contributed by atoms with Gasteiger partial charge in [-0.05, 0) is 51.5 Å². The van der Waals surface area contributed by atoms with Gasteiger partial charge in [0.25, 0.3) is 0 Å². The van der Waals surface area contributed by atoms with E-state index in [0.29, 0.717) is 17.9 Å². The van der Waals surface area contributed by atoms with Gasteiger partial charge in [-0.1, -0.05) is 0 Å². The highest BCUT2D eigenvalue weighted by atomic mass is 32.2. The highest BCUT2D eigenvalue weighted by Crippen LogP contribution is 2.20. The van der Waals surface area contributed by atoms with Gasteiger partial charge in [0, 0.05) is 25.6 Å². The molecular weight excluding hydrogens is 316 g/mol. The Morgan fingerprint density at radius 1 is 1.30 bits per heavy atom. The first kappa shape index (κ1) is 19.4. The number of aryl methyl sites for hydroxylation is 1. The zero-order valence-corrected chi connectivity index (χ0v) is 15.5. The van der Waals surface area contributed by atoms with Crippen LogP contribution in [0.4, 0.5) is 0 Å². The minimum Gasteiger partial charge on any atom is -0.497 e. The molecule has 23 heavy (non-hydrogen) atoms. The summed E-state index contributed by atoms with van der Waals surface area (Å²) in [4.78, 5) is 13.5. The predicted octanol–water partition coefficient (Wildman–Crippen LogP) is 1.93. The molecule has 1 amide bonds. The fourth-order valence-electron chi connectivity index (χ4n) is 2.39. The fourth-order valence-corrected chi connectivity index (χ4v) is 3.63. The molecule has 0 radical (unpaired) electrons. The highest BCUT2D eigenvalue weighted by molar-refractivity contribution is 7.89. The molecule has 1 aromatic rings. The first-order valence-electron chi connectivity index (χ1n) is 7.41. The lowest BCUT2D eigenvalue weighted by Crippen LogP contribution is -2.48. The lowest BCUT2D eigenvalue weighted by atomic mass is 10.1. The van der Waals surface area contributed by atoms with Crippen LogP contribution < -0.4 is 9.46 Å². The van der Waals surface area contributed by atoms with Crippen LogP contribution in [0.25, 0.3) is 0 Å². The van der Waals surface area contributed by atoms with Gasteiger partial charge in [0.1, 0.15) is 5.75 Å². The van der Waals surface area contributed by atoms with Gasteiger partial charge < -0.3 is 9.64 Å². The number of carbonyl (C=O) groups excluding carboxylic acids is 1. The normalized spacial score (nSPS) is 12.1. The number of methoxy groups -OCH3 is 1. The summed E-state index contributed by atoms with van der Waals surface area (Å²) in [5, 5.41) is 0. The summed E-state index contributed by atoms with van der Waals surface area (Å²) in [6, 6.07) is 4.80. The standard InChI is InChI=1S/C16H26N2O4S/c1-12-11-14(22-6)7-8-15(12)23(20,21)17-9-10-18(13(2)19)16(3,4)5/h7-8,11,17H,9-10H2,1-6H3. The number of ether oxygens (including phenoxy) is 1. The minimum absolute atomic E-state index is 0.0858. The number of rotatable bonds is 6. The van der Waals surface area contributed by atoms with Crippen molar-refractivity contribution >= 4 is 15.9 Å². The van der Waals surface area contributed by atoms with Crippen molar-refractivity contribution in [1.82, 2.24) is 9.62 Å². The molecule has 0 fully saturated rings. The highest BCUT2D eigenvalue weighted by Gasteiger charge is 2.24. The number of nitrogens with zero attached hydrogens (tertiary/aromatic N) is 1. The molecule has 1 N–H and O–H groups in total. The summed E-state index contributed by atoms with van der Waals surface area (Å²) in [5.74, 6) is 0.522. The number of carbonyl (C=O) groups is 1. The van der Waals surface area contributed by atoms with Crippen molar-refractivity contribution in [3.63, 3.8) is 0 Å². The molecule has 0 saturated carbocycles. The van der Waals surface area contributed by atoms with Crippen molar-refractivity contribution < 1.29 is 17.9 Å². The van der Waals surface area contributed by atoms with Crippen LogP contribution in [0, 0.1) is 6.92 Å². The van der Waals surface area contributed by atoms with E-state index < -0.39 is 10.0 Å². The maximum atomic E-state index is 12.4. The number of nitrogens with one attached hydrogen (secondary N) is 1. The third kappa shape index (κ3) is 5.21. The van der Waals surface area contributed by atoms with Crippen LogP contribution in [-0.4, -0.2) is 45.0 Å². The maximum absolute atomic E-state index is 12.4. The first-order chi connectivity index (χ1) is 10.5.